The lowest BCUT2D eigenvalue weighted by Gasteiger charge is -2.37. The van der Waals surface area contributed by atoms with Gasteiger partial charge in [0.1, 0.15) is 6.67 Å². The van der Waals surface area contributed by atoms with Crippen LogP contribution in [0.1, 0.15) is 27.7 Å². The molecule has 1 rings (SSSR count). The summed E-state index contributed by atoms with van der Waals surface area (Å²) >= 11 is 0. The van der Waals surface area contributed by atoms with Gasteiger partial charge >= 0.3 is 0 Å². The van der Waals surface area contributed by atoms with E-state index in [0.29, 0.717) is 0 Å². The van der Waals surface area contributed by atoms with Crippen molar-refractivity contribution in [3.63, 3.8) is 0 Å². The maximum absolute atomic E-state index is 9.39. The smallest absolute Gasteiger partial charge is 0.101 e. The summed E-state index contributed by atoms with van der Waals surface area (Å²) in [6, 6.07) is 0. The van der Waals surface area contributed by atoms with Crippen LogP contribution in [0.3, 0.4) is 0 Å². The fraction of sp³-hybridized carbons (Fsp3) is 1.00. The van der Waals surface area contributed by atoms with Crippen LogP contribution in [0.4, 0.5) is 0 Å². The molecule has 0 amide bonds. The van der Waals surface area contributed by atoms with Crippen molar-refractivity contribution >= 4 is 0 Å². The molecule has 0 aromatic heterocycles. The lowest BCUT2D eigenvalue weighted by atomic mass is 9.84. The van der Waals surface area contributed by atoms with Crippen molar-refractivity contribution in [2.24, 2.45) is 0 Å². The Kier molecular flexibility index (Phi) is 1.76. The Labute approximate surface area is 66.9 Å². The second kappa shape index (κ2) is 2.17. The lowest BCUT2D eigenvalue weighted by Crippen LogP contribution is -2.52. The monoisotopic (exact) mass is 160 g/mol. The highest BCUT2D eigenvalue weighted by molar-refractivity contribution is 5.02. The van der Waals surface area contributed by atoms with Crippen LogP contribution in [-0.4, -0.2) is 38.3 Å². The zero-order valence-corrected chi connectivity index (χ0v) is 7.50. The molecular weight excluding hydrogens is 144 g/mol. The van der Waals surface area contributed by atoms with Gasteiger partial charge in [-0.2, -0.15) is 10.1 Å². The Hall–Kier alpha value is -0.160. The molecule has 0 unspecified atom stereocenters. The van der Waals surface area contributed by atoms with Crippen LogP contribution >= 0.6 is 0 Å². The molecule has 1 heterocycles. The van der Waals surface area contributed by atoms with E-state index in [0.717, 1.165) is 10.1 Å². The molecule has 0 atom stereocenters. The number of hydrogen-bond donors (Lipinski definition) is 2. The average Bonchev–Trinajstić information content (AvgIpc) is 1.95. The van der Waals surface area contributed by atoms with Gasteiger partial charge in [-0.05, 0) is 27.7 Å². The number of nitrogens with zero attached hydrogens (tertiary/aromatic N) is 2. The summed E-state index contributed by atoms with van der Waals surface area (Å²) < 4.78 is 0. The number of rotatable bonds is 0. The van der Waals surface area contributed by atoms with Gasteiger partial charge in [-0.15, -0.1) is 0 Å². The molecule has 0 radical (unpaired) electrons. The Morgan fingerprint density at radius 2 is 1.18 bits per heavy atom. The minimum atomic E-state index is -0.415. The fourth-order valence-corrected chi connectivity index (χ4v) is 1.11. The van der Waals surface area contributed by atoms with Gasteiger partial charge in [0.25, 0.3) is 0 Å². The lowest BCUT2D eigenvalue weighted by molar-refractivity contribution is -0.169. The number of hydrogen-bond acceptors (Lipinski definition) is 4. The summed E-state index contributed by atoms with van der Waals surface area (Å²) in [6.45, 7) is 7.75. The van der Waals surface area contributed by atoms with Gasteiger partial charge in [-0.3, -0.25) is 0 Å². The number of hydroxylamine groups is 4. The van der Waals surface area contributed by atoms with Gasteiger partial charge in [-0.25, -0.2) is 0 Å². The molecule has 4 nitrogen and oxygen atoms in total. The summed E-state index contributed by atoms with van der Waals surface area (Å²) in [4.78, 5) is 0. The first-order chi connectivity index (χ1) is 4.80. The van der Waals surface area contributed by atoms with Crippen molar-refractivity contribution in [1.82, 2.24) is 10.1 Å². The Morgan fingerprint density at radius 1 is 0.909 bits per heavy atom. The second-order valence-electron chi connectivity index (χ2n) is 4.06. The molecule has 0 aromatic rings. The first-order valence-corrected chi connectivity index (χ1v) is 3.73. The standard InChI is InChI=1S/C7H16N2O2/c1-6(2)7(3,4)9(11)5-8(6)10/h10-11H,5H2,1-4H3. The Bertz CT molecular complexity index is 150. The normalized spacial score (nSPS) is 31.1. The Morgan fingerprint density at radius 3 is 1.27 bits per heavy atom. The summed E-state index contributed by atoms with van der Waals surface area (Å²) in [5.41, 5.74) is -0.830. The predicted octanol–water partition coefficient (Wildman–Crippen LogP) is 0.897. The summed E-state index contributed by atoms with van der Waals surface area (Å²) in [5, 5.41) is 21.1. The van der Waals surface area contributed by atoms with Crippen LogP contribution in [0, 0.1) is 0 Å². The molecular formula is C7H16N2O2. The first-order valence-electron chi connectivity index (χ1n) is 3.73. The van der Waals surface area contributed by atoms with Gasteiger partial charge in [0.2, 0.25) is 0 Å². The summed E-state index contributed by atoms with van der Waals surface area (Å²) in [7, 11) is 0. The van der Waals surface area contributed by atoms with Crippen molar-refractivity contribution in [1.29, 1.82) is 0 Å². The minimum absolute atomic E-state index is 0.181. The van der Waals surface area contributed by atoms with Gasteiger partial charge in [0, 0.05) is 0 Å². The molecule has 1 aliphatic rings. The third kappa shape index (κ3) is 0.980. The molecule has 0 aromatic carbocycles. The molecule has 0 spiro atoms. The van der Waals surface area contributed by atoms with Gasteiger partial charge in [0.15, 0.2) is 0 Å². The van der Waals surface area contributed by atoms with Crippen molar-refractivity contribution in [3.8, 4) is 0 Å². The van der Waals surface area contributed by atoms with Crippen LogP contribution in [-0.2, 0) is 0 Å². The summed E-state index contributed by atoms with van der Waals surface area (Å²) in [5.74, 6) is 0. The molecule has 11 heavy (non-hydrogen) atoms. The van der Waals surface area contributed by atoms with E-state index < -0.39 is 11.1 Å². The highest BCUT2D eigenvalue weighted by Gasteiger charge is 2.52. The van der Waals surface area contributed by atoms with Gasteiger partial charge in [0.05, 0.1) is 11.1 Å². The van der Waals surface area contributed by atoms with E-state index in [4.69, 9.17) is 0 Å². The quantitative estimate of drug-likeness (QED) is 0.552. The molecule has 66 valence electrons. The van der Waals surface area contributed by atoms with Crippen LogP contribution in [0.25, 0.3) is 0 Å². The van der Waals surface area contributed by atoms with Crippen molar-refractivity contribution in [2.75, 3.05) is 6.67 Å². The van der Waals surface area contributed by atoms with E-state index in [1.54, 1.807) is 0 Å². The van der Waals surface area contributed by atoms with Crippen LogP contribution in [0.15, 0.2) is 0 Å². The molecule has 4 heteroatoms. The molecule has 0 saturated carbocycles. The van der Waals surface area contributed by atoms with Crippen LogP contribution in [0.5, 0.6) is 0 Å². The topological polar surface area (TPSA) is 46.9 Å². The van der Waals surface area contributed by atoms with Gasteiger partial charge in [-0.1, -0.05) is 0 Å². The maximum Gasteiger partial charge on any atom is 0.101 e. The zero-order valence-electron chi connectivity index (χ0n) is 7.50. The van der Waals surface area contributed by atoms with Crippen LogP contribution < -0.4 is 0 Å². The largest absolute Gasteiger partial charge is 0.312 e. The van der Waals surface area contributed by atoms with Crippen molar-refractivity contribution in [2.45, 2.75) is 38.8 Å². The average molecular weight is 160 g/mol. The molecule has 1 aliphatic heterocycles. The van der Waals surface area contributed by atoms with Crippen molar-refractivity contribution in [3.05, 3.63) is 0 Å². The predicted molar refractivity (Wildman–Crippen MR) is 40.3 cm³/mol. The molecule has 0 bridgehead atoms. The SMILES string of the molecule is CC1(C)N(O)CN(O)C1(C)C. The molecule has 1 saturated heterocycles. The highest BCUT2D eigenvalue weighted by atomic mass is 16.6. The van der Waals surface area contributed by atoms with E-state index in [1.165, 1.54) is 0 Å². The van der Waals surface area contributed by atoms with Gasteiger partial charge < -0.3 is 10.4 Å². The first kappa shape index (κ1) is 8.93. The maximum atomic E-state index is 9.39. The van der Waals surface area contributed by atoms with Crippen molar-refractivity contribution < 1.29 is 10.4 Å². The van der Waals surface area contributed by atoms with Crippen LogP contribution in [0.2, 0.25) is 0 Å². The van der Waals surface area contributed by atoms with E-state index in [9.17, 15) is 10.4 Å². The highest BCUT2D eigenvalue weighted by Crippen LogP contribution is 2.36. The third-order valence-electron chi connectivity index (χ3n) is 3.06. The van der Waals surface area contributed by atoms with E-state index in [-0.39, 0.29) is 6.67 Å². The second-order valence-corrected chi connectivity index (χ2v) is 4.06. The Balaban J connectivity index is 2.95. The zero-order chi connectivity index (χ0) is 8.86. The third-order valence-corrected chi connectivity index (χ3v) is 3.06. The molecule has 1 fully saturated rings. The molecule has 0 aliphatic carbocycles. The summed E-state index contributed by atoms with van der Waals surface area (Å²) in [6.07, 6.45) is 0. The van der Waals surface area contributed by atoms with E-state index in [1.807, 2.05) is 27.7 Å². The minimum Gasteiger partial charge on any atom is -0.312 e. The fourth-order valence-electron chi connectivity index (χ4n) is 1.11. The molecule has 2 N–H and O–H groups in total. The van der Waals surface area contributed by atoms with E-state index in [2.05, 4.69) is 0 Å². The van der Waals surface area contributed by atoms with E-state index >= 15 is 0 Å².